The van der Waals surface area contributed by atoms with E-state index in [0.29, 0.717) is 23.2 Å². The van der Waals surface area contributed by atoms with Gasteiger partial charge in [-0.3, -0.25) is 4.72 Å². The maximum Gasteiger partial charge on any atom is 0.232 e. The van der Waals surface area contributed by atoms with Gasteiger partial charge in [-0.15, -0.1) is 0 Å². The molecule has 1 fully saturated rings. The van der Waals surface area contributed by atoms with Crippen LogP contribution in [-0.2, 0) is 10.0 Å². The summed E-state index contributed by atoms with van der Waals surface area (Å²) in [6.07, 6.45) is 4.03. The highest BCUT2D eigenvalue weighted by Gasteiger charge is 2.19. The fourth-order valence-electron chi connectivity index (χ4n) is 1.80. The van der Waals surface area contributed by atoms with Crippen LogP contribution in [0, 0.1) is 3.57 Å². The van der Waals surface area contributed by atoms with Gasteiger partial charge in [-0.2, -0.15) is 0 Å². The highest BCUT2D eigenvalue weighted by atomic mass is 127. The van der Waals surface area contributed by atoms with Gasteiger partial charge >= 0.3 is 0 Å². The lowest BCUT2D eigenvalue weighted by molar-refractivity contribution is 0.591. The summed E-state index contributed by atoms with van der Waals surface area (Å²) in [6.45, 7) is 0.893. The molecule has 0 atom stereocenters. The van der Waals surface area contributed by atoms with Crippen LogP contribution in [0.2, 0.25) is 5.02 Å². The number of hydrogen-bond acceptors (Lipinski definition) is 3. The molecule has 0 radical (unpaired) electrons. The quantitative estimate of drug-likeness (QED) is 0.494. The van der Waals surface area contributed by atoms with Crippen LogP contribution in [0.25, 0.3) is 0 Å². The largest absolute Gasteiger partial charge is 0.314 e. The Morgan fingerprint density at radius 2 is 2.05 bits per heavy atom. The van der Waals surface area contributed by atoms with Crippen molar-refractivity contribution >= 4 is 49.9 Å². The minimum atomic E-state index is -3.32. The molecule has 1 aromatic carbocycles. The van der Waals surface area contributed by atoms with Crippen molar-refractivity contribution in [3.8, 4) is 0 Å². The van der Waals surface area contributed by atoms with Crippen molar-refractivity contribution in [2.24, 2.45) is 0 Å². The maximum absolute atomic E-state index is 12.0. The lowest BCUT2D eigenvalue weighted by Crippen LogP contribution is -2.20. The van der Waals surface area contributed by atoms with Crippen molar-refractivity contribution in [2.75, 3.05) is 17.0 Å². The Hall–Kier alpha value is -0.0500. The summed E-state index contributed by atoms with van der Waals surface area (Å²) in [5.41, 5.74) is 0.447. The molecule has 1 saturated carbocycles. The number of unbranched alkanes of at least 4 members (excludes halogenated alkanes) is 1. The first kappa shape index (κ1) is 16.3. The molecule has 2 rings (SSSR count). The summed E-state index contributed by atoms with van der Waals surface area (Å²) < 4.78 is 27.4. The Kier molecular flexibility index (Phi) is 5.95. The van der Waals surface area contributed by atoms with E-state index in [1.165, 1.54) is 12.8 Å². The second kappa shape index (κ2) is 7.29. The van der Waals surface area contributed by atoms with E-state index in [9.17, 15) is 8.42 Å². The van der Waals surface area contributed by atoms with E-state index in [0.717, 1.165) is 16.5 Å². The van der Waals surface area contributed by atoms with Crippen LogP contribution in [0.5, 0.6) is 0 Å². The molecule has 0 spiro atoms. The minimum Gasteiger partial charge on any atom is -0.314 e. The SMILES string of the molecule is O=S(=O)(CCCCNC1CC1)Nc1ccc(I)cc1Cl. The lowest BCUT2D eigenvalue weighted by Gasteiger charge is -2.10. The Balaban J connectivity index is 1.77. The van der Waals surface area contributed by atoms with E-state index < -0.39 is 10.0 Å². The minimum absolute atomic E-state index is 0.127. The molecule has 20 heavy (non-hydrogen) atoms. The van der Waals surface area contributed by atoms with Gasteiger partial charge in [0.15, 0.2) is 0 Å². The summed E-state index contributed by atoms with van der Waals surface area (Å²) in [7, 11) is -3.32. The van der Waals surface area contributed by atoms with Crippen LogP contribution in [0.4, 0.5) is 5.69 Å². The molecule has 1 aromatic rings. The lowest BCUT2D eigenvalue weighted by atomic mass is 10.3. The molecule has 7 heteroatoms. The topological polar surface area (TPSA) is 58.2 Å². The molecule has 4 nitrogen and oxygen atoms in total. The molecule has 0 aliphatic heterocycles. The molecule has 2 N–H and O–H groups in total. The van der Waals surface area contributed by atoms with E-state index in [1.807, 2.05) is 6.07 Å². The molecule has 0 saturated heterocycles. The number of hydrogen-bond donors (Lipinski definition) is 2. The predicted octanol–water partition coefficient (Wildman–Crippen LogP) is 3.22. The Bertz CT molecular complexity index is 561. The third kappa shape index (κ3) is 5.75. The highest BCUT2D eigenvalue weighted by Crippen LogP contribution is 2.25. The Labute approximate surface area is 138 Å². The molecule has 1 aliphatic rings. The van der Waals surface area contributed by atoms with E-state index >= 15 is 0 Å². The molecule has 0 unspecified atom stereocenters. The highest BCUT2D eigenvalue weighted by molar-refractivity contribution is 14.1. The van der Waals surface area contributed by atoms with Crippen LogP contribution in [0.1, 0.15) is 25.7 Å². The standard InChI is InChI=1S/C13H18ClIN2O2S/c14-12-9-10(15)3-6-13(12)17-20(18,19)8-2-1-7-16-11-4-5-11/h3,6,9,11,16-17H,1-2,4-5,7-8H2. The number of sulfonamides is 1. The first-order valence-electron chi connectivity index (χ1n) is 6.65. The first-order valence-corrected chi connectivity index (χ1v) is 9.76. The Morgan fingerprint density at radius 3 is 2.70 bits per heavy atom. The second-order valence-corrected chi connectivity index (χ2v) is 8.48. The van der Waals surface area contributed by atoms with E-state index in [4.69, 9.17) is 11.6 Å². The third-order valence-electron chi connectivity index (χ3n) is 3.05. The number of halogens is 2. The van der Waals surface area contributed by atoms with Crippen LogP contribution < -0.4 is 10.0 Å². The van der Waals surface area contributed by atoms with Gasteiger partial charge in [-0.05, 0) is 73.0 Å². The van der Waals surface area contributed by atoms with Gasteiger partial charge < -0.3 is 5.32 Å². The van der Waals surface area contributed by atoms with Crippen molar-refractivity contribution in [3.63, 3.8) is 0 Å². The van der Waals surface area contributed by atoms with Gasteiger partial charge in [-0.25, -0.2) is 8.42 Å². The predicted molar refractivity (Wildman–Crippen MR) is 91.8 cm³/mol. The monoisotopic (exact) mass is 428 g/mol. The molecular weight excluding hydrogens is 411 g/mol. The molecule has 0 aromatic heterocycles. The number of rotatable bonds is 8. The summed E-state index contributed by atoms with van der Waals surface area (Å²) in [6, 6.07) is 5.93. The molecule has 1 aliphatic carbocycles. The van der Waals surface area contributed by atoms with Crippen LogP contribution in [-0.4, -0.2) is 26.8 Å². The number of anilines is 1. The first-order chi connectivity index (χ1) is 9.46. The van der Waals surface area contributed by atoms with Gasteiger partial charge in [0.05, 0.1) is 16.5 Å². The van der Waals surface area contributed by atoms with Crippen molar-refractivity contribution < 1.29 is 8.42 Å². The molecule has 0 bridgehead atoms. The van der Waals surface area contributed by atoms with Crippen molar-refractivity contribution in [2.45, 2.75) is 31.7 Å². The van der Waals surface area contributed by atoms with Crippen molar-refractivity contribution in [1.82, 2.24) is 5.32 Å². The van der Waals surface area contributed by atoms with Gasteiger partial charge in [0.25, 0.3) is 0 Å². The fourth-order valence-corrected chi connectivity index (χ4v) is 3.96. The molecular formula is C13H18ClIN2O2S. The fraction of sp³-hybridized carbons (Fsp3) is 0.538. The maximum atomic E-state index is 12.0. The molecule has 112 valence electrons. The molecule has 0 heterocycles. The van der Waals surface area contributed by atoms with Crippen LogP contribution in [0.15, 0.2) is 18.2 Å². The van der Waals surface area contributed by atoms with Gasteiger partial charge in [0, 0.05) is 9.61 Å². The van der Waals surface area contributed by atoms with E-state index in [-0.39, 0.29) is 5.75 Å². The zero-order valence-electron chi connectivity index (χ0n) is 11.0. The number of nitrogens with one attached hydrogen (secondary N) is 2. The van der Waals surface area contributed by atoms with E-state index in [2.05, 4.69) is 32.6 Å². The summed E-state index contributed by atoms with van der Waals surface area (Å²) in [5.74, 6) is 0.127. The van der Waals surface area contributed by atoms with E-state index in [1.54, 1.807) is 12.1 Å². The summed E-state index contributed by atoms with van der Waals surface area (Å²) in [4.78, 5) is 0. The summed E-state index contributed by atoms with van der Waals surface area (Å²) in [5, 5.41) is 3.80. The number of benzene rings is 1. The third-order valence-corrected chi connectivity index (χ3v) is 5.39. The normalized spacial score (nSPS) is 15.3. The average Bonchev–Trinajstić information content (AvgIpc) is 3.16. The van der Waals surface area contributed by atoms with Crippen molar-refractivity contribution in [1.29, 1.82) is 0 Å². The zero-order chi connectivity index (χ0) is 14.6. The second-order valence-electron chi connectivity index (χ2n) is 4.98. The molecule has 0 amide bonds. The summed E-state index contributed by atoms with van der Waals surface area (Å²) >= 11 is 8.15. The van der Waals surface area contributed by atoms with Crippen LogP contribution >= 0.6 is 34.2 Å². The smallest absolute Gasteiger partial charge is 0.232 e. The van der Waals surface area contributed by atoms with Gasteiger partial charge in [-0.1, -0.05) is 11.6 Å². The Morgan fingerprint density at radius 1 is 1.30 bits per heavy atom. The van der Waals surface area contributed by atoms with Crippen LogP contribution in [0.3, 0.4) is 0 Å². The zero-order valence-corrected chi connectivity index (χ0v) is 14.8. The van der Waals surface area contributed by atoms with Crippen molar-refractivity contribution in [3.05, 3.63) is 26.8 Å². The van der Waals surface area contributed by atoms with Gasteiger partial charge in [0.2, 0.25) is 10.0 Å². The average molecular weight is 429 g/mol. The van der Waals surface area contributed by atoms with Gasteiger partial charge in [0.1, 0.15) is 0 Å².